The Kier molecular flexibility index (Phi) is 4.44. The number of hydrogen-bond acceptors (Lipinski definition) is 7. The number of piperidine rings is 1. The fourth-order valence-electron chi connectivity index (χ4n) is 4.02. The van der Waals surface area contributed by atoms with Gasteiger partial charge in [0.05, 0.1) is 11.4 Å². The molecule has 4 heterocycles. The van der Waals surface area contributed by atoms with Crippen LogP contribution in [0.25, 0.3) is 28.0 Å². The Labute approximate surface area is 168 Å². The van der Waals surface area contributed by atoms with Crippen LogP contribution in [0, 0.1) is 0 Å². The van der Waals surface area contributed by atoms with Crippen LogP contribution in [-0.4, -0.2) is 61.1 Å². The third-order valence-corrected chi connectivity index (χ3v) is 5.64. The monoisotopic (exact) mass is 389 g/mol. The highest BCUT2D eigenvalue weighted by Crippen LogP contribution is 2.29. The summed E-state index contributed by atoms with van der Waals surface area (Å²) in [4.78, 5) is 2.24. The molecule has 0 amide bonds. The van der Waals surface area contributed by atoms with E-state index in [1.165, 1.54) is 0 Å². The third kappa shape index (κ3) is 3.23. The predicted molar refractivity (Wildman–Crippen MR) is 111 cm³/mol. The molecule has 0 radical (unpaired) electrons. The molecule has 2 atom stereocenters. The van der Waals surface area contributed by atoms with Gasteiger partial charge in [0.25, 0.3) is 0 Å². The molecule has 1 aliphatic heterocycles. The van der Waals surface area contributed by atoms with E-state index in [9.17, 15) is 0 Å². The summed E-state index contributed by atoms with van der Waals surface area (Å²) in [6.07, 6.45) is 5.84. The van der Waals surface area contributed by atoms with Gasteiger partial charge in [-0.15, -0.1) is 10.2 Å². The van der Waals surface area contributed by atoms with E-state index in [1.54, 1.807) is 10.9 Å². The molecule has 0 aliphatic carbocycles. The number of benzene rings is 1. The van der Waals surface area contributed by atoms with Crippen LogP contribution in [0.2, 0.25) is 0 Å². The Hall–Kier alpha value is -3.33. The Bertz CT molecular complexity index is 1100. The van der Waals surface area contributed by atoms with E-state index in [1.807, 2.05) is 36.5 Å². The summed E-state index contributed by atoms with van der Waals surface area (Å²) in [5.41, 5.74) is 4.03. The van der Waals surface area contributed by atoms with Crippen LogP contribution in [-0.2, 0) is 0 Å². The van der Waals surface area contributed by atoms with Crippen molar-refractivity contribution in [2.24, 2.45) is 0 Å². The lowest BCUT2D eigenvalue weighted by molar-refractivity contribution is 0.370. The quantitative estimate of drug-likeness (QED) is 0.552. The van der Waals surface area contributed by atoms with E-state index >= 15 is 0 Å². The molecule has 3 aromatic heterocycles. The number of H-pyrrole nitrogens is 1. The van der Waals surface area contributed by atoms with Gasteiger partial charge in [0.15, 0.2) is 5.82 Å². The van der Waals surface area contributed by atoms with Gasteiger partial charge in [0.1, 0.15) is 11.0 Å². The molecule has 2 N–H and O–H groups in total. The molecule has 5 rings (SSSR count). The number of aromatic amines is 1. The number of aromatic nitrogens is 7. The van der Waals surface area contributed by atoms with Crippen molar-refractivity contribution in [3.8, 4) is 16.9 Å². The summed E-state index contributed by atoms with van der Waals surface area (Å²) < 4.78 is 1.78. The zero-order valence-electron chi connectivity index (χ0n) is 16.4. The molecule has 148 valence electrons. The van der Waals surface area contributed by atoms with Crippen molar-refractivity contribution in [1.29, 1.82) is 0 Å². The Morgan fingerprint density at radius 1 is 1.10 bits per heavy atom. The molecular weight excluding hydrogens is 366 g/mol. The van der Waals surface area contributed by atoms with Gasteiger partial charge in [-0.3, -0.25) is 0 Å². The largest absolute Gasteiger partial charge is 0.355 e. The number of rotatable bonds is 4. The summed E-state index contributed by atoms with van der Waals surface area (Å²) in [6.45, 7) is 3.26. The first-order valence-corrected chi connectivity index (χ1v) is 9.84. The number of nitrogens with zero attached hydrogens (tertiary/aromatic N) is 7. The van der Waals surface area contributed by atoms with Crippen molar-refractivity contribution in [1.82, 2.24) is 40.7 Å². The second-order valence-corrected chi connectivity index (χ2v) is 7.52. The number of hydrogen-bond donors (Lipinski definition) is 2. The first kappa shape index (κ1) is 17.7. The van der Waals surface area contributed by atoms with Gasteiger partial charge in [-0.25, -0.2) is 4.68 Å². The van der Waals surface area contributed by atoms with Crippen LogP contribution in [0.4, 0.5) is 5.82 Å². The maximum absolute atomic E-state index is 4.50. The van der Waals surface area contributed by atoms with Gasteiger partial charge in [-0.05, 0) is 56.6 Å². The molecule has 9 nitrogen and oxygen atoms in total. The van der Waals surface area contributed by atoms with E-state index < -0.39 is 0 Å². The van der Waals surface area contributed by atoms with Gasteiger partial charge in [0, 0.05) is 37.1 Å². The highest BCUT2D eigenvalue weighted by molar-refractivity contribution is 5.95. The van der Waals surface area contributed by atoms with Crippen molar-refractivity contribution < 1.29 is 0 Å². The minimum Gasteiger partial charge on any atom is -0.355 e. The molecule has 1 fully saturated rings. The van der Waals surface area contributed by atoms with E-state index in [0.717, 1.165) is 53.2 Å². The number of fused-ring (bicyclic) bond motifs is 1. The molecule has 0 saturated carbocycles. The average Bonchev–Trinajstić information content (AvgIpc) is 3.45. The minimum absolute atomic E-state index is 0.474. The second-order valence-electron chi connectivity index (χ2n) is 7.52. The maximum atomic E-state index is 4.50. The lowest BCUT2D eigenvalue weighted by Crippen LogP contribution is -2.45. The zero-order valence-corrected chi connectivity index (χ0v) is 16.4. The van der Waals surface area contributed by atoms with E-state index in [0.29, 0.717) is 12.1 Å². The molecule has 9 heteroatoms. The Morgan fingerprint density at radius 3 is 2.76 bits per heavy atom. The van der Waals surface area contributed by atoms with Gasteiger partial charge in [-0.2, -0.15) is 20.5 Å². The molecule has 0 spiro atoms. The summed E-state index contributed by atoms with van der Waals surface area (Å²) in [6, 6.07) is 10.9. The molecule has 1 aliphatic rings. The number of nitrogens with one attached hydrogen (secondary N) is 2. The van der Waals surface area contributed by atoms with Crippen molar-refractivity contribution in [2.45, 2.75) is 31.8 Å². The summed E-state index contributed by atoms with van der Waals surface area (Å²) >= 11 is 0. The SMILES string of the molecule is C[C@@H]1CC(N(C)c2ccc(-c3ccc(-n4cccn4)c4n[nH]nc34)nn2)CCN1. The Morgan fingerprint density at radius 2 is 2.00 bits per heavy atom. The predicted octanol–water partition coefficient (Wildman–Crippen LogP) is 2.18. The molecule has 1 saturated heterocycles. The van der Waals surface area contributed by atoms with Crippen LogP contribution in [0.3, 0.4) is 0 Å². The summed E-state index contributed by atoms with van der Waals surface area (Å²) in [7, 11) is 2.10. The van der Waals surface area contributed by atoms with Crippen LogP contribution in [0.1, 0.15) is 19.8 Å². The fourth-order valence-corrected chi connectivity index (χ4v) is 4.02. The minimum atomic E-state index is 0.474. The molecule has 0 bridgehead atoms. The fraction of sp³-hybridized carbons (Fsp3) is 0.350. The van der Waals surface area contributed by atoms with E-state index in [2.05, 4.69) is 54.9 Å². The van der Waals surface area contributed by atoms with Gasteiger partial charge < -0.3 is 10.2 Å². The van der Waals surface area contributed by atoms with Crippen LogP contribution in [0.15, 0.2) is 42.7 Å². The van der Waals surface area contributed by atoms with Crippen LogP contribution in [0.5, 0.6) is 0 Å². The lowest BCUT2D eigenvalue weighted by atomic mass is 9.99. The van der Waals surface area contributed by atoms with Crippen LogP contribution < -0.4 is 10.2 Å². The van der Waals surface area contributed by atoms with E-state index in [-0.39, 0.29) is 0 Å². The number of anilines is 1. The normalized spacial score (nSPS) is 19.5. The average molecular weight is 389 g/mol. The lowest BCUT2D eigenvalue weighted by Gasteiger charge is -2.35. The maximum Gasteiger partial charge on any atom is 0.151 e. The summed E-state index contributed by atoms with van der Waals surface area (Å²) in [5.74, 6) is 0.886. The molecule has 4 aromatic rings. The summed E-state index contributed by atoms with van der Waals surface area (Å²) in [5, 5.41) is 28.2. The molecule has 1 unspecified atom stereocenters. The van der Waals surface area contributed by atoms with Crippen molar-refractivity contribution in [2.75, 3.05) is 18.5 Å². The smallest absolute Gasteiger partial charge is 0.151 e. The van der Waals surface area contributed by atoms with Crippen molar-refractivity contribution in [3.63, 3.8) is 0 Å². The van der Waals surface area contributed by atoms with Crippen molar-refractivity contribution >= 4 is 16.9 Å². The third-order valence-electron chi connectivity index (χ3n) is 5.64. The zero-order chi connectivity index (χ0) is 19.8. The Balaban J connectivity index is 1.45. The van der Waals surface area contributed by atoms with Crippen molar-refractivity contribution in [3.05, 3.63) is 42.7 Å². The van der Waals surface area contributed by atoms with Gasteiger partial charge in [-0.1, -0.05) is 0 Å². The van der Waals surface area contributed by atoms with E-state index in [4.69, 9.17) is 0 Å². The second kappa shape index (κ2) is 7.25. The first-order chi connectivity index (χ1) is 14.2. The standard InChI is InChI=1S/C20H23N9/c1-13-12-14(8-10-21-13)28(2)18-7-5-16(23-24-18)15-4-6-17(29-11-3-9-22-29)20-19(15)25-27-26-20/h3-7,9,11,13-14,21H,8,10,12H2,1-2H3,(H,25,26,27)/t13-,14?/m1/s1. The molecule has 29 heavy (non-hydrogen) atoms. The molecule has 1 aromatic carbocycles. The van der Waals surface area contributed by atoms with Gasteiger partial charge >= 0.3 is 0 Å². The highest BCUT2D eigenvalue weighted by atomic mass is 15.3. The highest BCUT2D eigenvalue weighted by Gasteiger charge is 2.23. The molecular formula is C20H23N9. The van der Waals surface area contributed by atoms with Crippen LogP contribution >= 0.6 is 0 Å². The topological polar surface area (TPSA) is 100 Å². The first-order valence-electron chi connectivity index (χ1n) is 9.84. The van der Waals surface area contributed by atoms with Gasteiger partial charge in [0.2, 0.25) is 0 Å².